The van der Waals surface area contributed by atoms with Gasteiger partial charge in [0.05, 0.1) is 0 Å². The highest BCUT2D eigenvalue weighted by molar-refractivity contribution is 5.67. The minimum Gasteiger partial charge on any atom is -0.787 e. The van der Waals surface area contributed by atoms with E-state index < -0.39 is 5.54 Å². The highest BCUT2D eigenvalue weighted by atomic mass is 16.5. The number of hydroxylamine groups is 1. The van der Waals surface area contributed by atoms with E-state index >= 15 is 0 Å². The molecule has 0 bridgehead atoms. The maximum absolute atomic E-state index is 10.7. The normalized spacial score (nSPS) is 12.4. The van der Waals surface area contributed by atoms with Gasteiger partial charge < -0.3 is 10.7 Å². The van der Waals surface area contributed by atoms with Crippen molar-refractivity contribution in [3.05, 3.63) is 59.3 Å². The monoisotopic (exact) mass is 226 g/mol. The first-order valence-corrected chi connectivity index (χ1v) is 5.68. The second-order valence-corrected chi connectivity index (χ2v) is 4.76. The fourth-order valence-electron chi connectivity index (χ4n) is 1.63. The molecule has 0 spiro atoms. The molecule has 1 N–H and O–H groups in total. The molecule has 0 aromatic carbocycles. The molecule has 0 aliphatic heterocycles. The number of fused-ring (bicyclic) bond motifs is 1. The molecule has 0 fully saturated rings. The van der Waals surface area contributed by atoms with Gasteiger partial charge in [-0.1, -0.05) is 54.6 Å². The SMILES string of the molecule is CC(C)(C=Cc1ccc2cccc-2cc1)N[O-]. The second-order valence-electron chi connectivity index (χ2n) is 4.76. The third-order valence-electron chi connectivity index (χ3n) is 2.75. The van der Waals surface area contributed by atoms with Crippen molar-refractivity contribution in [2.75, 3.05) is 0 Å². The zero-order valence-electron chi connectivity index (χ0n) is 10.1. The standard InChI is InChI=1S/C15H16NO/c1-15(2,16-17)11-10-12-6-8-13-4-3-5-14(13)9-7-12/h3-11,16H,1-2H3/q-1. The molecule has 0 atom stereocenters. The van der Waals surface area contributed by atoms with E-state index in [2.05, 4.69) is 36.4 Å². The Kier molecular flexibility index (Phi) is 3.27. The maximum atomic E-state index is 10.7. The molecule has 2 rings (SSSR count). The van der Waals surface area contributed by atoms with Crippen LogP contribution < -0.4 is 5.48 Å². The van der Waals surface area contributed by atoms with Crippen LogP contribution in [0.5, 0.6) is 0 Å². The Morgan fingerprint density at radius 1 is 1.00 bits per heavy atom. The molecule has 0 amide bonds. The van der Waals surface area contributed by atoms with Gasteiger partial charge in [0.15, 0.2) is 0 Å². The molecule has 0 aromatic heterocycles. The average molecular weight is 226 g/mol. The Hall–Kier alpha value is -1.64. The van der Waals surface area contributed by atoms with E-state index in [1.54, 1.807) is 0 Å². The molecular formula is C15H16NO-. The third-order valence-corrected chi connectivity index (χ3v) is 2.75. The van der Waals surface area contributed by atoms with Crippen LogP contribution in [0.4, 0.5) is 0 Å². The first-order valence-electron chi connectivity index (χ1n) is 5.68. The summed E-state index contributed by atoms with van der Waals surface area (Å²) in [5.74, 6) is 0. The lowest BCUT2D eigenvalue weighted by Crippen LogP contribution is -2.31. The predicted octanol–water partition coefficient (Wildman–Crippen LogP) is 3.67. The van der Waals surface area contributed by atoms with Crippen molar-refractivity contribution >= 4 is 6.08 Å². The van der Waals surface area contributed by atoms with Gasteiger partial charge in [0.2, 0.25) is 0 Å². The van der Waals surface area contributed by atoms with Crippen molar-refractivity contribution in [1.82, 2.24) is 5.48 Å². The summed E-state index contributed by atoms with van der Waals surface area (Å²) >= 11 is 0. The Morgan fingerprint density at radius 3 is 2.12 bits per heavy atom. The largest absolute Gasteiger partial charge is 0.787 e. The Labute approximate surface area is 102 Å². The summed E-state index contributed by atoms with van der Waals surface area (Å²) in [5, 5.41) is 10.7. The van der Waals surface area contributed by atoms with Crippen LogP contribution in [0.1, 0.15) is 19.4 Å². The molecule has 88 valence electrons. The highest BCUT2D eigenvalue weighted by Crippen LogP contribution is 2.22. The molecule has 0 saturated heterocycles. The van der Waals surface area contributed by atoms with E-state index in [1.165, 1.54) is 11.1 Å². The summed E-state index contributed by atoms with van der Waals surface area (Å²) in [4.78, 5) is 0. The van der Waals surface area contributed by atoms with E-state index in [0.29, 0.717) is 0 Å². The van der Waals surface area contributed by atoms with Crippen LogP contribution in [-0.2, 0) is 0 Å². The Morgan fingerprint density at radius 2 is 1.59 bits per heavy atom. The van der Waals surface area contributed by atoms with E-state index in [9.17, 15) is 5.21 Å². The van der Waals surface area contributed by atoms with Crippen LogP contribution in [-0.4, -0.2) is 5.54 Å². The fourth-order valence-corrected chi connectivity index (χ4v) is 1.63. The zero-order chi connectivity index (χ0) is 12.3. The van der Waals surface area contributed by atoms with Gasteiger partial charge in [0, 0.05) is 5.54 Å². The van der Waals surface area contributed by atoms with Crippen molar-refractivity contribution in [3.63, 3.8) is 0 Å². The van der Waals surface area contributed by atoms with Crippen molar-refractivity contribution in [1.29, 1.82) is 0 Å². The summed E-state index contributed by atoms with van der Waals surface area (Å²) in [5.41, 5.74) is 5.03. The summed E-state index contributed by atoms with van der Waals surface area (Å²) in [6.07, 6.45) is 3.84. The lowest BCUT2D eigenvalue weighted by atomic mass is 10.1. The van der Waals surface area contributed by atoms with Crippen molar-refractivity contribution in [3.8, 4) is 11.1 Å². The minimum absolute atomic E-state index is 0.525. The van der Waals surface area contributed by atoms with Crippen LogP contribution in [0.2, 0.25) is 0 Å². The molecule has 2 nitrogen and oxygen atoms in total. The molecule has 17 heavy (non-hydrogen) atoms. The molecular weight excluding hydrogens is 210 g/mol. The molecule has 2 heteroatoms. The smallest absolute Gasteiger partial charge is 0.0196 e. The number of hydrogen-bond acceptors (Lipinski definition) is 2. The maximum Gasteiger partial charge on any atom is 0.0196 e. The number of nitrogens with one attached hydrogen (secondary N) is 1. The summed E-state index contributed by atoms with van der Waals surface area (Å²) < 4.78 is 0. The van der Waals surface area contributed by atoms with Gasteiger partial charge >= 0.3 is 0 Å². The molecule has 0 radical (unpaired) electrons. The Bertz CT molecular complexity index is 471. The van der Waals surface area contributed by atoms with Crippen LogP contribution in [0.15, 0.2) is 48.5 Å². The zero-order valence-corrected chi connectivity index (χ0v) is 10.1. The minimum atomic E-state index is -0.525. The summed E-state index contributed by atoms with van der Waals surface area (Å²) in [6, 6.07) is 14.5. The quantitative estimate of drug-likeness (QED) is 0.810. The van der Waals surface area contributed by atoms with Gasteiger partial charge in [-0.05, 0) is 30.5 Å². The molecule has 0 aromatic rings. The van der Waals surface area contributed by atoms with Gasteiger partial charge in [-0.15, -0.1) is 0 Å². The lowest BCUT2D eigenvalue weighted by molar-refractivity contribution is 0.557. The van der Waals surface area contributed by atoms with E-state index in [0.717, 1.165) is 5.56 Å². The van der Waals surface area contributed by atoms with E-state index in [-0.39, 0.29) is 0 Å². The van der Waals surface area contributed by atoms with Crippen LogP contribution >= 0.6 is 0 Å². The van der Waals surface area contributed by atoms with Crippen molar-refractivity contribution in [2.45, 2.75) is 19.4 Å². The summed E-state index contributed by atoms with van der Waals surface area (Å²) in [6.45, 7) is 3.69. The Balaban J connectivity index is 2.28. The highest BCUT2D eigenvalue weighted by Gasteiger charge is 2.05. The van der Waals surface area contributed by atoms with Gasteiger partial charge in [-0.2, -0.15) is 0 Å². The molecule has 0 unspecified atom stereocenters. The first kappa shape index (κ1) is 11.8. The van der Waals surface area contributed by atoms with Crippen LogP contribution in [0.3, 0.4) is 0 Å². The van der Waals surface area contributed by atoms with Gasteiger partial charge in [-0.3, -0.25) is 0 Å². The predicted molar refractivity (Wildman–Crippen MR) is 72.7 cm³/mol. The van der Waals surface area contributed by atoms with Crippen LogP contribution in [0.25, 0.3) is 17.2 Å². The molecule has 2 aliphatic rings. The number of hydrogen-bond donors (Lipinski definition) is 1. The van der Waals surface area contributed by atoms with E-state index in [4.69, 9.17) is 0 Å². The molecule has 0 saturated carbocycles. The van der Waals surface area contributed by atoms with Crippen molar-refractivity contribution < 1.29 is 0 Å². The second kappa shape index (κ2) is 4.70. The summed E-state index contributed by atoms with van der Waals surface area (Å²) in [7, 11) is 0. The van der Waals surface area contributed by atoms with E-state index in [1.807, 2.05) is 37.5 Å². The molecule has 2 aliphatic carbocycles. The van der Waals surface area contributed by atoms with Crippen molar-refractivity contribution in [2.24, 2.45) is 0 Å². The van der Waals surface area contributed by atoms with Crippen LogP contribution in [0, 0.1) is 5.21 Å². The van der Waals surface area contributed by atoms with Gasteiger partial charge in [0.1, 0.15) is 0 Å². The lowest BCUT2D eigenvalue weighted by Gasteiger charge is -2.26. The topological polar surface area (TPSA) is 35.1 Å². The van der Waals surface area contributed by atoms with Gasteiger partial charge in [0.25, 0.3) is 0 Å². The number of rotatable bonds is 3. The average Bonchev–Trinajstić information content (AvgIpc) is 2.68. The fraction of sp³-hybridized carbons (Fsp3) is 0.200. The first-order chi connectivity index (χ1) is 8.11. The van der Waals surface area contributed by atoms with Gasteiger partial charge in [-0.25, -0.2) is 0 Å². The third kappa shape index (κ3) is 2.93. The molecule has 0 heterocycles.